The van der Waals surface area contributed by atoms with Crippen LogP contribution in [0.1, 0.15) is 32.2 Å². The number of nitrogens with one attached hydrogen (secondary N) is 3. The third-order valence-electron chi connectivity index (χ3n) is 2.43. The molecule has 0 saturated carbocycles. The molecule has 0 aliphatic carbocycles. The lowest BCUT2D eigenvalue weighted by atomic mass is 9.92. The molecule has 0 aliphatic heterocycles. The molecule has 0 aliphatic rings. The molecule has 1 radical (unpaired) electrons. The maximum absolute atomic E-state index is 7.92. The molecule has 5 nitrogen and oxygen atoms in total. The summed E-state index contributed by atoms with van der Waals surface area (Å²) in [4.78, 5) is 0. The molecule has 3 N–H and O–H groups in total. The molecule has 0 aromatic carbocycles. The molecule has 1 rings (SSSR count). The number of hydrogen-bond acceptors (Lipinski definition) is 3. The molecule has 1 aromatic heterocycles. The number of thiocarbonyl (C=S) groups is 1. The van der Waals surface area contributed by atoms with Crippen LogP contribution < -0.4 is 10.6 Å². The smallest absolute Gasteiger partial charge is 0.222 e. The highest BCUT2D eigenvalue weighted by atomic mass is 32.1. The van der Waals surface area contributed by atoms with Crippen molar-refractivity contribution in [2.75, 3.05) is 6.54 Å². The molecule has 0 saturated heterocycles. The molecule has 0 unspecified atom stereocenters. The van der Waals surface area contributed by atoms with E-state index in [1.165, 1.54) is 4.68 Å². The highest BCUT2D eigenvalue weighted by Crippen LogP contribution is 2.15. The van der Waals surface area contributed by atoms with Crippen molar-refractivity contribution in [3.05, 3.63) is 23.9 Å². The summed E-state index contributed by atoms with van der Waals surface area (Å²) in [5.74, 6) is 0.152. The molecule has 0 amide bonds. The van der Waals surface area contributed by atoms with Crippen LogP contribution in [0.4, 0.5) is 0 Å². The number of nitrogens with zero attached hydrogens (tertiary/aromatic N) is 2. The zero-order chi connectivity index (χ0) is 14.6. The molecule has 0 bridgehead atoms. The van der Waals surface area contributed by atoms with Gasteiger partial charge >= 0.3 is 0 Å². The van der Waals surface area contributed by atoms with Gasteiger partial charge in [-0.15, -0.1) is 0 Å². The number of aryl methyl sites for hydroxylation is 2. The van der Waals surface area contributed by atoms with Crippen molar-refractivity contribution in [3.8, 4) is 0 Å². The van der Waals surface area contributed by atoms with Gasteiger partial charge in [0.1, 0.15) is 0 Å². The Morgan fingerprint density at radius 2 is 2.11 bits per heavy atom. The van der Waals surface area contributed by atoms with Gasteiger partial charge in [0.15, 0.2) is 5.11 Å². The van der Waals surface area contributed by atoms with E-state index < -0.39 is 0 Å². The molecular weight excluding hydrogens is 258 g/mol. The second kappa shape index (κ2) is 6.14. The largest absolute Gasteiger partial charge is 0.362 e. The third kappa shape index (κ3) is 5.38. The topological polar surface area (TPSA) is 65.7 Å². The van der Waals surface area contributed by atoms with Crippen molar-refractivity contribution < 1.29 is 0 Å². The Bertz CT molecular complexity index is 470. The molecule has 105 valence electrons. The Kier molecular flexibility index (Phi) is 5.05. The van der Waals surface area contributed by atoms with Crippen molar-refractivity contribution in [2.24, 2.45) is 5.41 Å². The van der Waals surface area contributed by atoms with Gasteiger partial charge < -0.3 is 10.6 Å². The van der Waals surface area contributed by atoms with Crippen LogP contribution in [0.5, 0.6) is 0 Å². The molecule has 19 heavy (non-hydrogen) atoms. The van der Waals surface area contributed by atoms with E-state index in [0.29, 0.717) is 11.7 Å². The van der Waals surface area contributed by atoms with Crippen LogP contribution >= 0.6 is 12.2 Å². The lowest BCUT2D eigenvalue weighted by Gasteiger charge is -2.18. The number of aromatic nitrogens is 2. The van der Waals surface area contributed by atoms with Gasteiger partial charge in [-0.2, -0.15) is 5.10 Å². The van der Waals surface area contributed by atoms with E-state index in [0.717, 1.165) is 11.4 Å². The lowest BCUT2D eigenvalue weighted by molar-refractivity contribution is 0.481. The van der Waals surface area contributed by atoms with E-state index in [2.05, 4.69) is 42.9 Å². The van der Waals surface area contributed by atoms with Gasteiger partial charge in [-0.1, -0.05) is 20.8 Å². The van der Waals surface area contributed by atoms with Gasteiger partial charge in [0.05, 0.1) is 5.69 Å². The first-order chi connectivity index (χ1) is 8.69. The molecule has 0 spiro atoms. The van der Waals surface area contributed by atoms with E-state index in [4.69, 9.17) is 17.6 Å². The predicted molar refractivity (Wildman–Crippen MR) is 82.3 cm³/mol. The number of rotatable bonds is 2. The predicted octanol–water partition coefficient (Wildman–Crippen LogP) is 2.00. The summed E-state index contributed by atoms with van der Waals surface area (Å²) in [6.45, 7) is 10.8. The van der Waals surface area contributed by atoms with Gasteiger partial charge in [0.25, 0.3) is 0 Å². The standard InChI is InChI=1S/C13H22N5S/c1-9-8-10(2)18(17-9)11(14)16-12(19)15-7-6-13(3,4)5/h6,8H,7H2,1-5H3,(H3,14,15,16,19). The van der Waals surface area contributed by atoms with E-state index in [9.17, 15) is 0 Å². The molecule has 0 atom stereocenters. The first-order valence-electron chi connectivity index (χ1n) is 6.20. The highest BCUT2D eigenvalue weighted by Gasteiger charge is 2.11. The van der Waals surface area contributed by atoms with Gasteiger partial charge in [0, 0.05) is 12.2 Å². The average Bonchev–Trinajstić information content (AvgIpc) is 2.55. The summed E-state index contributed by atoms with van der Waals surface area (Å²) in [7, 11) is 0. The summed E-state index contributed by atoms with van der Waals surface area (Å²) in [5, 5.41) is 18.4. The Morgan fingerprint density at radius 3 is 2.58 bits per heavy atom. The highest BCUT2D eigenvalue weighted by molar-refractivity contribution is 7.80. The summed E-state index contributed by atoms with van der Waals surface area (Å²) in [6.07, 6.45) is 2.13. The Balaban J connectivity index is 2.45. The minimum atomic E-state index is 0.145. The van der Waals surface area contributed by atoms with Gasteiger partial charge in [-0.05, 0) is 44.0 Å². The maximum atomic E-state index is 7.92. The van der Waals surface area contributed by atoms with E-state index in [1.54, 1.807) is 0 Å². The van der Waals surface area contributed by atoms with Crippen LogP contribution in [-0.2, 0) is 0 Å². The zero-order valence-corrected chi connectivity index (χ0v) is 13.0. The van der Waals surface area contributed by atoms with E-state index in [1.807, 2.05) is 19.9 Å². The fraction of sp³-hybridized carbons (Fsp3) is 0.538. The molecule has 0 fully saturated rings. The minimum absolute atomic E-state index is 0.145. The zero-order valence-electron chi connectivity index (χ0n) is 12.2. The van der Waals surface area contributed by atoms with Crippen molar-refractivity contribution in [1.82, 2.24) is 20.4 Å². The van der Waals surface area contributed by atoms with Crippen LogP contribution in [0.2, 0.25) is 0 Å². The Labute approximate surface area is 120 Å². The second-order valence-corrected chi connectivity index (χ2v) is 6.00. The van der Waals surface area contributed by atoms with Crippen molar-refractivity contribution in [1.29, 1.82) is 5.41 Å². The molecule has 6 heteroatoms. The van der Waals surface area contributed by atoms with Crippen LogP contribution in [0.15, 0.2) is 6.07 Å². The average molecular weight is 280 g/mol. The van der Waals surface area contributed by atoms with Crippen molar-refractivity contribution in [3.63, 3.8) is 0 Å². The fourth-order valence-corrected chi connectivity index (χ4v) is 1.69. The summed E-state index contributed by atoms with van der Waals surface area (Å²) in [6, 6.07) is 1.92. The van der Waals surface area contributed by atoms with Crippen molar-refractivity contribution >= 4 is 23.3 Å². The van der Waals surface area contributed by atoms with Gasteiger partial charge in [-0.25, -0.2) is 4.68 Å². The van der Waals surface area contributed by atoms with Gasteiger partial charge in [-0.3, -0.25) is 5.41 Å². The Hall–Kier alpha value is -1.43. The van der Waals surface area contributed by atoms with Gasteiger partial charge in [0.2, 0.25) is 5.96 Å². The third-order valence-corrected chi connectivity index (χ3v) is 2.68. The Morgan fingerprint density at radius 1 is 1.47 bits per heavy atom. The molecular formula is C13H22N5S. The van der Waals surface area contributed by atoms with Crippen LogP contribution in [-0.4, -0.2) is 27.4 Å². The van der Waals surface area contributed by atoms with E-state index >= 15 is 0 Å². The first-order valence-corrected chi connectivity index (χ1v) is 6.61. The van der Waals surface area contributed by atoms with Crippen LogP contribution in [0, 0.1) is 31.1 Å². The monoisotopic (exact) mass is 280 g/mol. The van der Waals surface area contributed by atoms with Crippen LogP contribution in [0.25, 0.3) is 0 Å². The second-order valence-electron chi connectivity index (χ2n) is 5.59. The minimum Gasteiger partial charge on any atom is -0.362 e. The van der Waals surface area contributed by atoms with E-state index in [-0.39, 0.29) is 11.4 Å². The lowest BCUT2D eigenvalue weighted by Crippen LogP contribution is -2.43. The molecule has 1 aromatic rings. The normalized spacial score (nSPS) is 11.2. The SMILES string of the molecule is Cc1cc(C)n(C(=N)NC(=S)NC[CH]C(C)(C)C)n1. The summed E-state index contributed by atoms with van der Waals surface area (Å²) < 4.78 is 1.52. The fourth-order valence-electron chi connectivity index (χ4n) is 1.51. The van der Waals surface area contributed by atoms with Crippen molar-refractivity contribution in [2.45, 2.75) is 34.6 Å². The number of hydrogen-bond donors (Lipinski definition) is 3. The van der Waals surface area contributed by atoms with Crippen LogP contribution in [0.3, 0.4) is 0 Å². The summed E-state index contributed by atoms with van der Waals surface area (Å²) in [5.41, 5.74) is 1.93. The summed E-state index contributed by atoms with van der Waals surface area (Å²) >= 11 is 5.14. The maximum Gasteiger partial charge on any atom is 0.222 e. The quantitative estimate of drug-likeness (QED) is 0.440. The molecule has 1 heterocycles. The first kappa shape index (κ1) is 15.6.